The molecule has 1 atom stereocenters. The minimum absolute atomic E-state index is 0.190. The first kappa shape index (κ1) is 18.0. The second-order valence-electron chi connectivity index (χ2n) is 6.73. The lowest BCUT2D eigenvalue weighted by Crippen LogP contribution is -2.53. The fourth-order valence-corrected chi connectivity index (χ4v) is 3.32. The summed E-state index contributed by atoms with van der Waals surface area (Å²) < 4.78 is 0. The maximum atomic E-state index is 12.4. The van der Waals surface area contributed by atoms with E-state index in [0.717, 1.165) is 38.4 Å². The third kappa shape index (κ3) is 4.79. The van der Waals surface area contributed by atoms with E-state index < -0.39 is 0 Å². The Morgan fingerprint density at radius 1 is 1.09 bits per heavy atom. The third-order valence-electron chi connectivity index (χ3n) is 4.71. The minimum atomic E-state index is 0.190. The highest BCUT2D eigenvalue weighted by atomic mass is 16.2. The van der Waals surface area contributed by atoms with Crippen molar-refractivity contribution in [2.24, 2.45) is 0 Å². The monoisotopic (exact) mass is 317 g/mol. The van der Waals surface area contributed by atoms with Crippen LogP contribution in [0.1, 0.15) is 34.1 Å². The molecule has 0 bridgehead atoms. The van der Waals surface area contributed by atoms with Gasteiger partial charge in [0.25, 0.3) is 0 Å². The number of anilines is 1. The van der Waals surface area contributed by atoms with Crippen LogP contribution in [-0.2, 0) is 4.79 Å². The van der Waals surface area contributed by atoms with Crippen LogP contribution >= 0.6 is 0 Å². The molecule has 0 aliphatic carbocycles. The van der Waals surface area contributed by atoms with Gasteiger partial charge in [-0.3, -0.25) is 14.6 Å². The van der Waals surface area contributed by atoms with Gasteiger partial charge < -0.3 is 4.90 Å². The summed E-state index contributed by atoms with van der Waals surface area (Å²) in [5.74, 6) is 0.199. The summed E-state index contributed by atoms with van der Waals surface area (Å²) in [5, 5.41) is 0. The van der Waals surface area contributed by atoms with Crippen LogP contribution in [-0.4, -0.2) is 60.5 Å². The van der Waals surface area contributed by atoms with Crippen molar-refractivity contribution in [2.75, 3.05) is 37.6 Å². The number of hydrogen-bond donors (Lipinski definition) is 0. The second kappa shape index (κ2) is 8.46. The Morgan fingerprint density at radius 3 is 2.22 bits per heavy atom. The molecule has 1 unspecified atom stereocenters. The maximum Gasteiger partial charge on any atom is 0.226 e. The Balaban J connectivity index is 1.99. The zero-order valence-electron chi connectivity index (χ0n) is 15.0. The van der Waals surface area contributed by atoms with E-state index in [9.17, 15) is 4.79 Å². The van der Waals surface area contributed by atoms with Crippen LogP contribution in [0.4, 0.5) is 5.69 Å². The van der Waals surface area contributed by atoms with E-state index in [0.29, 0.717) is 12.5 Å². The summed E-state index contributed by atoms with van der Waals surface area (Å²) in [5.41, 5.74) is 1.01. The van der Waals surface area contributed by atoms with Crippen LogP contribution in [0.15, 0.2) is 30.3 Å². The Bertz CT molecular complexity index is 481. The highest BCUT2D eigenvalue weighted by Gasteiger charge is 2.25. The van der Waals surface area contributed by atoms with Gasteiger partial charge in [0.15, 0.2) is 0 Å². The first-order chi connectivity index (χ1) is 11.0. The van der Waals surface area contributed by atoms with Crippen LogP contribution in [0.2, 0.25) is 0 Å². The van der Waals surface area contributed by atoms with E-state index in [1.54, 1.807) is 0 Å². The fraction of sp³-hybridized carbons (Fsp3) is 0.632. The first-order valence-electron chi connectivity index (χ1n) is 8.86. The SMILES string of the molecule is CCC(=O)N(c1ccccc1)C(C)CN1CCN(C(C)C)CC1. The number of para-hydroxylation sites is 1. The molecule has 1 fully saturated rings. The molecule has 0 N–H and O–H groups in total. The normalized spacial score (nSPS) is 18.1. The number of amides is 1. The van der Waals surface area contributed by atoms with E-state index in [2.05, 4.69) is 30.6 Å². The van der Waals surface area contributed by atoms with Crippen molar-refractivity contribution < 1.29 is 4.79 Å². The highest BCUT2D eigenvalue weighted by molar-refractivity contribution is 5.93. The van der Waals surface area contributed by atoms with Gasteiger partial charge in [-0.25, -0.2) is 0 Å². The number of hydrogen-bond acceptors (Lipinski definition) is 3. The predicted molar refractivity (Wildman–Crippen MR) is 96.8 cm³/mol. The van der Waals surface area contributed by atoms with E-state index in [1.807, 2.05) is 42.2 Å². The number of piperazine rings is 1. The molecule has 4 nitrogen and oxygen atoms in total. The van der Waals surface area contributed by atoms with Crippen molar-refractivity contribution in [3.8, 4) is 0 Å². The van der Waals surface area contributed by atoms with Gasteiger partial charge in [-0.2, -0.15) is 0 Å². The smallest absolute Gasteiger partial charge is 0.226 e. The molecule has 0 spiro atoms. The molecule has 1 aromatic carbocycles. The Kier molecular flexibility index (Phi) is 6.60. The maximum absolute atomic E-state index is 12.4. The molecule has 0 aromatic heterocycles. The molecule has 2 rings (SSSR count). The summed E-state index contributed by atoms with van der Waals surface area (Å²) in [4.78, 5) is 19.4. The minimum Gasteiger partial charge on any atom is -0.308 e. The molecule has 1 aliphatic rings. The molecule has 4 heteroatoms. The average Bonchev–Trinajstić information content (AvgIpc) is 2.56. The van der Waals surface area contributed by atoms with Crippen molar-refractivity contribution in [2.45, 2.75) is 46.2 Å². The molecule has 0 radical (unpaired) electrons. The largest absolute Gasteiger partial charge is 0.308 e. The number of carbonyl (C=O) groups excluding carboxylic acids is 1. The number of carbonyl (C=O) groups is 1. The fourth-order valence-electron chi connectivity index (χ4n) is 3.32. The van der Waals surface area contributed by atoms with Crippen LogP contribution in [0, 0.1) is 0 Å². The van der Waals surface area contributed by atoms with Gasteiger partial charge in [-0.15, -0.1) is 0 Å². The molecular weight excluding hydrogens is 286 g/mol. The molecule has 1 amide bonds. The van der Waals surface area contributed by atoms with Crippen LogP contribution in [0.5, 0.6) is 0 Å². The van der Waals surface area contributed by atoms with Gasteiger partial charge in [-0.1, -0.05) is 25.1 Å². The quantitative estimate of drug-likeness (QED) is 0.807. The van der Waals surface area contributed by atoms with Crippen molar-refractivity contribution in [1.82, 2.24) is 9.80 Å². The molecule has 1 heterocycles. The first-order valence-corrected chi connectivity index (χ1v) is 8.86. The Labute approximate surface area is 141 Å². The zero-order chi connectivity index (χ0) is 16.8. The summed E-state index contributed by atoms with van der Waals surface area (Å²) in [6.45, 7) is 14.0. The molecule has 1 aliphatic heterocycles. The van der Waals surface area contributed by atoms with Crippen LogP contribution in [0.3, 0.4) is 0 Å². The van der Waals surface area contributed by atoms with Gasteiger partial charge in [0.1, 0.15) is 0 Å². The number of nitrogens with zero attached hydrogens (tertiary/aromatic N) is 3. The van der Waals surface area contributed by atoms with E-state index in [4.69, 9.17) is 0 Å². The molecule has 1 aromatic rings. The number of rotatable bonds is 6. The van der Waals surface area contributed by atoms with E-state index >= 15 is 0 Å². The van der Waals surface area contributed by atoms with Crippen LogP contribution < -0.4 is 4.90 Å². The standard InChI is InChI=1S/C19H31N3O/c1-5-19(23)22(18-9-7-6-8-10-18)17(4)15-20-11-13-21(14-12-20)16(2)3/h6-10,16-17H,5,11-15H2,1-4H3. The van der Waals surface area contributed by atoms with Gasteiger partial charge in [-0.05, 0) is 32.9 Å². The van der Waals surface area contributed by atoms with Gasteiger partial charge in [0.2, 0.25) is 5.91 Å². The number of benzene rings is 1. The third-order valence-corrected chi connectivity index (χ3v) is 4.71. The van der Waals surface area contributed by atoms with E-state index in [1.165, 1.54) is 0 Å². The summed E-state index contributed by atoms with van der Waals surface area (Å²) in [7, 11) is 0. The zero-order valence-corrected chi connectivity index (χ0v) is 15.0. The molecule has 23 heavy (non-hydrogen) atoms. The lowest BCUT2D eigenvalue weighted by Gasteiger charge is -2.39. The summed E-state index contributed by atoms with van der Waals surface area (Å²) in [6, 6.07) is 10.9. The van der Waals surface area contributed by atoms with Crippen molar-refractivity contribution in [3.05, 3.63) is 30.3 Å². The molecule has 0 saturated carbocycles. The van der Waals surface area contributed by atoms with Gasteiger partial charge >= 0.3 is 0 Å². The molecule has 1 saturated heterocycles. The Morgan fingerprint density at radius 2 is 1.70 bits per heavy atom. The molecular formula is C19H31N3O. The topological polar surface area (TPSA) is 26.8 Å². The van der Waals surface area contributed by atoms with Crippen molar-refractivity contribution in [3.63, 3.8) is 0 Å². The highest BCUT2D eigenvalue weighted by Crippen LogP contribution is 2.19. The van der Waals surface area contributed by atoms with E-state index in [-0.39, 0.29) is 11.9 Å². The second-order valence-corrected chi connectivity index (χ2v) is 6.73. The lowest BCUT2D eigenvalue weighted by atomic mass is 10.1. The van der Waals surface area contributed by atoms with Gasteiger partial charge in [0, 0.05) is 56.9 Å². The Hall–Kier alpha value is -1.39. The van der Waals surface area contributed by atoms with Crippen molar-refractivity contribution >= 4 is 11.6 Å². The van der Waals surface area contributed by atoms with Gasteiger partial charge in [0.05, 0.1) is 0 Å². The lowest BCUT2D eigenvalue weighted by molar-refractivity contribution is -0.118. The van der Waals surface area contributed by atoms with Crippen molar-refractivity contribution in [1.29, 1.82) is 0 Å². The summed E-state index contributed by atoms with van der Waals surface area (Å²) in [6.07, 6.45) is 0.542. The predicted octanol–water partition coefficient (Wildman–Crippen LogP) is 2.84. The van der Waals surface area contributed by atoms with Crippen LogP contribution in [0.25, 0.3) is 0 Å². The average molecular weight is 317 g/mol. The molecule has 128 valence electrons. The summed E-state index contributed by atoms with van der Waals surface area (Å²) >= 11 is 0.